The number of amides is 2. The van der Waals surface area contributed by atoms with Crippen LogP contribution in [0, 0.1) is 19.7 Å². The molecule has 33 heavy (non-hydrogen) atoms. The SMILES string of the molecule is CCc1c(C(=O)Nc2ccc(F)c(C)c2)c(C)n(C)c1C(=O)C(=O)NC1(C)CCC(O)CC1. The second kappa shape index (κ2) is 9.47. The van der Waals surface area contributed by atoms with Crippen molar-refractivity contribution < 1.29 is 23.9 Å². The standard InChI is InChI=1S/C25H32FN3O4/c1-6-18-20(23(32)27-16-7-8-19(26)14(2)13-16)15(3)29(5)21(18)22(31)24(33)28-25(4)11-9-17(30)10-12-25/h7-8,13,17,30H,6,9-12H2,1-5H3,(H,27,32)(H,28,33). The molecular formula is C25H32FN3O4. The molecule has 0 spiro atoms. The summed E-state index contributed by atoms with van der Waals surface area (Å²) in [6, 6.07) is 4.30. The highest BCUT2D eigenvalue weighted by Crippen LogP contribution is 2.29. The van der Waals surface area contributed by atoms with E-state index >= 15 is 0 Å². The van der Waals surface area contributed by atoms with Gasteiger partial charge in [-0.2, -0.15) is 0 Å². The summed E-state index contributed by atoms with van der Waals surface area (Å²) in [5, 5.41) is 15.4. The summed E-state index contributed by atoms with van der Waals surface area (Å²) < 4.78 is 15.2. The first-order valence-corrected chi connectivity index (χ1v) is 11.3. The van der Waals surface area contributed by atoms with Gasteiger partial charge in [-0.3, -0.25) is 14.4 Å². The van der Waals surface area contributed by atoms with Gasteiger partial charge in [0.15, 0.2) is 0 Å². The molecule has 1 fully saturated rings. The van der Waals surface area contributed by atoms with Gasteiger partial charge in [-0.15, -0.1) is 0 Å². The molecule has 1 saturated carbocycles. The summed E-state index contributed by atoms with van der Waals surface area (Å²) in [5.74, 6) is -2.19. The molecule has 0 saturated heterocycles. The first-order chi connectivity index (χ1) is 15.5. The normalized spacial score (nSPS) is 20.4. The van der Waals surface area contributed by atoms with Crippen LogP contribution in [0.4, 0.5) is 10.1 Å². The minimum Gasteiger partial charge on any atom is -0.393 e. The molecule has 1 aliphatic rings. The van der Waals surface area contributed by atoms with Crippen molar-refractivity contribution in [1.29, 1.82) is 0 Å². The van der Waals surface area contributed by atoms with Crippen molar-refractivity contribution in [2.45, 2.75) is 71.4 Å². The first-order valence-electron chi connectivity index (χ1n) is 11.3. The Balaban J connectivity index is 1.88. The van der Waals surface area contributed by atoms with Gasteiger partial charge in [-0.25, -0.2) is 4.39 Å². The molecule has 7 nitrogen and oxygen atoms in total. The lowest BCUT2D eigenvalue weighted by molar-refractivity contribution is -0.119. The van der Waals surface area contributed by atoms with E-state index in [1.807, 2.05) is 13.8 Å². The molecule has 2 aromatic rings. The summed E-state index contributed by atoms with van der Waals surface area (Å²) in [7, 11) is 1.66. The van der Waals surface area contributed by atoms with Crippen LogP contribution >= 0.6 is 0 Å². The molecule has 178 valence electrons. The number of nitrogens with one attached hydrogen (secondary N) is 2. The maximum Gasteiger partial charge on any atom is 0.294 e. The smallest absolute Gasteiger partial charge is 0.294 e. The molecule has 8 heteroatoms. The maximum atomic E-state index is 13.6. The van der Waals surface area contributed by atoms with Gasteiger partial charge in [0.25, 0.3) is 17.6 Å². The molecule has 1 aromatic heterocycles. The van der Waals surface area contributed by atoms with Crippen LogP contribution in [0.1, 0.15) is 77.2 Å². The zero-order valence-electron chi connectivity index (χ0n) is 19.8. The van der Waals surface area contributed by atoms with Gasteiger partial charge in [-0.1, -0.05) is 6.92 Å². The third-order valence-corrected chi connectivity index (χ3v) is 6.68. The maximum absolute atomic E-state index is 13.6. The number of Topliss-reactive ketones (excluding diaryl/α,β-unsaturated/α-hetero) is 1. The van der Waals surface area contributed by atoms with E-state index in [1.54, 1.807) is 31.5 Å². The quantitative estimate of drug-likeness (QED) is 0.456. The van der Waals surface area contributed by atoms with Crippen LogP contribution in [0.2, 0.25) is 0 Å². The Bertz CT molecular complexity index is 1100. The fourth-order valence-corrected chi connectivity index (χ4v) is 4.53. The van der Waals surface area contributed by atoms with Gasteiger partial charge in [0, 0.05) is 24.0 Å². The Hall–Kier alpha value is -3.00. The summed E-state index contributed by atoms with van der Waals surface area (Å²) >= 11 is 0. The van der Waals surface area contributed by atoms with Gasteiger partial charge >= 0.3 is 0 Å². The van der Waals surface area contributed by atoms with E-state index in [2.05, 4.69) is 10.6 Å². The summed E-state index contributed by atoms with van der Waals surface area (Å²) in [4.78, 5) is 39.2. The minimum absolute atomic E-state index is 0.187. The monoisotopic (exact) mass is 457 g/mol. The van der Waals surface area contributed by atoms with Crippen LogP contribution in [0.25, 0.3) is 0 Å². The van der Waals surface area contributed by atoms with Crippen molar-refractivity contribution in [3.63, 3.8) is 0 Å². The van der Waals surface area contributed by atoms with Crippen molar-refractivity contribution in [2.24, 2.45) is 7.05 Å². The third-order valence-electron chi connectivity index (χ3n) is 6.68. The van der Waals surface area contributed by atoms with E-state index in [-0.39, 0.29) is 17.6 Å². The number of aromatic nitrogens is 1. The molecular weight excluding hydrogens is 425 g/mol. The predicted octanol–water partition coefficient (Wildman–Crippen LogP) is 3.59. The van der Waals surface area contributed by atoms with Gasteiger partial charge < -0.3 is 20.3 Å². The number of carbonyl (C=O) groups excluding carboxylic acids is 3. The molecule has 0 bridgehead atoms. The van der Waals surface area contributed by atoms with Crippen LogP contribution in [0.3, 0.4) is 0 Å². The molecule has 3 rings (SSSR count). The summed E-state index contributed by atoms with van der Waals surface area (Å²) in [6.07, 6.45) is 2.32. The van der Waals surface area contributed by atoms with Gasteiger partial charge in [0.1, 0.15) is 5.82 Å². The largest absolute Gasteiger partial charge is 0.393 e. The Labute approximate surface area is 193 Å². The van der Waals surface area contributed by atoms with E-state index in [0.717, 1.165) is 0 Å². The number of hydrogen-bond acceptors (Lipinski definition) is 4. The molecule has 0 atom stereocenters. The highest BCUT2D eigenvalue weighted by atomic mass is 19.1. The van der Waals surface area contributed by atoms with Crippen molar-refractivity contribution in [1.82, 2.24) is 9.88 Å². The van der Waals surface area contributed by atoms with Crippen molar-refractivity contribution in [3.8, 4) is 0 Å². The van der Waals surface area contributed by atoms with Crippen molar-refractivity contribution >= 4 is 23.3 Å². The average Bonchev–Trinajstić information content (AvgIpc) is 3.02. The second-order valence-corrected chi connectivity index (χ2v) is 9.19. The van der Waals surface area contributed by atoms with E-state index in [9.17, 15) is 23.9 Å². The van der Waals surface area contributed by atoms with Crippen LogP contribution < -0.4 is 10.6 Å². The van der Waals surface area contributed by atoms with Crippen LogP contribution in [-0.4, -0.2) is 38.9 Å². The molecule has 0 radical (unpaired) electrons. The van der Waals surface area contributed by atoms with Crippen molar-refractivity contribution in [2.75, 3.05) is 5.32 Å². The van der Waals surface area contributed by atoms with Crippen molar-refractivity contribution in [3.05, 3.63) is 52.1 Å². The van der Waals surface area contributed by atoms with E-state index in [1.165, 1.54) is 12.1 Å². The number of hydrogen-bond donors (Lipinski definition) is 3. The van der Waals surface area contributed by atoms with E-state index < -0.39 is 23.1 Å². The number of aliphatic hydroxyl groups is 1. The second-order valence-electron chi connectivity index (χ2n) is 9.19. The number of ketones is 1. The summed E-state index contributed by atoms with van der Waals surface area (Å²) in [5.41, 5.74) is 1.88. The number of aliphatic hydroxyl groups excluding tert-OH is 1. The Kier molecular flexibility index (Phi) is 7.07. The Morgan fingerprint density at radius 2 is 1.85 bits per heavy atom. The topological polar surface area (TPSA) is 100 Å². The average molecular weight is 458 g/mol. The zero-order valence-corrected chi connectivity index (χ0v) is 19.8. The Morgan fingerprint density at radius 1 is 1.21 bits per heavy atom. The lowest BCUT2D eigenvalue weighted by Crippen LogP contribution is -2.51. The fourth-order valence-electron chi connectivity index (χ4n) is 4.53. The van der Waals surface area contributed by atoms with Gasteiger partial charge in [0.05, 0.1) is 17.4 Å². The van der Waals surface area contributed by atoms with Crippen LogP contribution in [0.5, 0.6) is 0 Å². The van der Waals surface area contributed by atoms with E-state index in [4.69, 9.17) is 0 Å². The number of halogens is 1. The Morgan fingerprint density at radius 3 is 2.42 bits per heavy atom. The molecule has 0 aliphatic heterocycles. The molecule has 1 aromatic carbocycles. The summed E-state index contributed by atoms with van der Waals surface area (Å²) in [6.45, 7) is 7.04. The molecule has 1 aliphatic carbocycles. The molecule has 0 unspecified atom stereocenters. The first kappa shape index (κ1) is 24.6. The van der Waals surface area contributed by atoms with Crippen LogP contribution in [0.15, 0.2) is 18.2 Å². The minimum atomic E-state index is -0.717. The van der Waals surface area contributed by atoms with Gasteiger partial charge in [0.2, 0.25) is 0 Å². The number of carbonyl (C=O) groups is 3. The predicted molar refractivity (Wildman–Crippen MR) is 124 cm³/mol. The van der Waals surface area contributed by atoms with E-state index in [0.29, 0.717) is 60.2 Å². The number of nitrogens with zero attached hydrogens (tertiary/aromatic N) is 1. The number of anilines is 1. The highest BCUT2D eigenvalue weighted by molar-refractivity contribution is 6.43. The third kappa shape index (κ3) is 5.00. The van der Waals surface area contributed by atoms with Gasteiger partial charge in [-0.05, 0) is 82.2 Å². The lowest BCUT2D eigenvalue weighted by atomic mass is 9.82. The number of aryl methyl sites for hydroxylation is 1. The molecule has 1 heterocycles. The highest BCUT2D eigenvalue weighted by Gasteiger charge is 2.36. The zero-order chi connectivity index (χ0) is 24.5. The molecule has 3 N–H and O–H groups in total. The number of benzene rings is 1. The molecule has 2 amide bonds. The number of rotatable bonds is 6. The fraction of sp³-hybridized carbons (Fsp3) is 0.480. The lowest BCUT2D eigenvalue weighted by Gasteiger charge is -2.36. The van der Waals surface area contributed by atoms with Crippen LogP contribution in [-0.2, 0) is 18.3 Å².